The molecule has 2 aliphatic heterocycles. The number of hydrogen-bond donors (Lipinski definition) is 1. The molecule has 0 saturated carbocycles. The van der Waals surface area contributed by atoms with Gasteiger partial charge in [-0.3, -0.25) is 19.5 Å². The summed E-state index contributed by atoms with van der Waals surface area (Å²) < 4.78 is 18.8. The van der Waals surface area contributed by atoms with E-state index >= 15 is 0 Å². The number of aliphatic carboxylic acids is 1. The summed E-state index contributed by atoms with van der Waals surface area (Å²) in [6.07, 6.45) is 8.47. The number of fused-ring (bicyclic) bond motifs is 1. The van der Waals surface area contributed by atoms with Crippen LogP contribution < -0.4 is 19.1 Å². The lowest BCUT2D eigenvalue weighted by molar-refractivity contribution is -0.143. The number of aryl methyl sites for hydroxylation is 2. The molecule has 1 fully saturated rings. The van der Waals surface area contributed by atoms with E-state index in [2.05, 4.69) is 27.4 Å². The maximum Gasteiger partial charge on any atom is 0.308 e. The minimum Gasteiger partial charge on any atom is -0.493 e. The zero-order valence-electron chi connectivity index (χ0n) is 23.9. The van der Waals surface area contributed by atoms with E-state index in [0.29, 0.717) is 43.2 Å². The molecular weight excluding hydrogens is 524 g/mol. The Kier molecular flexibility index (Phi) is 8.78. The van der Waals surface area contributed by atoms with Crippen LogP contribution in [-0.4, -0.2) is 71.0 Å². The van der Waals surface area contributed by atoms with Crippen LogP contribution in [0.15, 0.2) is 55.0 Å². The quantitative estimate of drug-likeness (QED) is 0.352. The minimum absolute atomic E-state index is 0.0663. The molecule has 1 amide bonds. The van der Waals surface area contributed by atoms with Gasteiger partial charge in [0, 0.05) is 50.2 Å². The van der Waals surface area contributed by atoms with Crippen molar-refractivity contribution in [1.82, 2.24) is 14.5 Å². The zero-order valence-corrected chi connectivity index (χ0v) is 23.9. The van der Waals surface area contributed by atoms with Crippen LogP contribution in [0, 0.1) is 5.92 Å². The Morgan fingerprint density at radius 2 is 2.07 bits per heavy atom. The van der Waals surface area contributed by atoms with Crippen LogP contribution in [0.5, 0.6) is 17.2 Å². The molecule has 1 aromatic carbocycles. The van der Waals surface area contributed by atoms with Gasteiger partial charge >= 0.3 is 5.97 Å². The van der Waals surface area contributed by atoms with Crippen LogP contribution in [0.25, 0.3) is 0 Å². The molecule has 0 spiro atoms. The van der Waals surface area contributed by atoms with Gasteiger partial charge in [0.1, 0.15) is 0 Å². The maximum atomic E-state index is 13.9. The van der Waals surface area contributed by atoms with E-state index in [1.165, 1.54) is 0 Å². The highest BCUT2D eigenvalue weighted by Gasteiger charge is 2.47. The van der Waals surface area contributed by atoms with Gasteiger partial charge in [-0.05, 0) is 61.2 Å². The highest BCUT2D eigenvalue weighted by Crippen LogP contribution is 2.47. The van der Waals surface area contributed by atoms with Gasteiger partial charge in [0.25, 0.3) is 0 Å². The van der Waals surface area contributed by atoms with Crippen molar-refractivity contribution in [3.8, 4) is 17.2 Å². The molecule has 1 unspecified atom stereocenters. The summed E-state index contributed by atoms with van der Waals surface area (Å²) >= 11 is 0. The number of carbonyl (C=O) groups is 2. The number of carboxylic acid groups (broad SMARTS) is 1. The lowest BCUT2D eigenvalue weighted by atomic mass is 9.83. The molecule has 3 aromatic rings. The summed E-state index contributed by atoms with van der Waals surface area (Å²) in [6.45, 7) is 3.28. The molecule has 2 aliphatic rings. The topological polar surface area (TPSA) is 106 Å². The van der Waals surface area contributed by atoms with E-state index < -0.39 is 11.9 Å². The summed E-state index contributed by atoms with van der Waals surface area (Å²) in [5, 5.41) is 10.6. The van der Waals surface area contributed by atoms with Crippen molar-refractivity contribution in [1.29, 1.82) is 0 Å². The average Bonchev–Trinajstić information content (AvgIpc) is 3.70. The number of carbonyl (C=O) groups excluding carboxylic acids is 1. The molecule has 0 bridgehead atoms. The number of benzene rings is 1. The molecule has 2 aromatic heterocycles. The summed E-state index contributed by atoms with van der Waals surface area (Å²) in [5.41, 5.74) is 2.67. The number of pyridine rings is 1. The fourth-order valence-electron chi connectivity index (χ4n) is 6.09. The van der Waals surface area contributed by atoms with Gasteiger partial charge < -0.3 is 28.8 Å². The van der Waals surface area contributed by atoms with Crippen molar-refractivity contribution in [3.63, 3.8) is 0 Å². The Morgan fingerprint density at radius 1 is 1.22 bits per heavy atom. The SMILES string of the molecule is CCCCN(C(=O)CN1C[C@H](c2cc(OC)c3c(c2)OCO3)C(C(=O)O)[C@@H]1CCc1cccn1C)c1cccnc1. The summed E-state index contributed by atoms with van der Waals surface area (Å²) in [5.74, 6) is -0.467. The highest BCUT2D eigenvalue weighted by atomic mass is 16.7. The normalized spacial score (nSPS) is 19.8. The number of ether oxygens (including phenoxy) is 3. The smallest absolute Gasteiger partial charge is 0.308 e. The Hall–Kier alpha value is -4.05. The summed E-state index contributed by atoms with van der Waals surface area (Å²) in [6, 6.07) is 11.1. The average molecular weight is 563 g/mol. The fraction of sp³-hybridized carbons (Fsp3) is 0.452. The first-order valence-corrected chi connectivity index (χ1v) is 14.2. The van der Waals surface area contributed by atoms with Gasteiger partial charge in [0.05, 0.1) is 31.5 Å². The molecule has 0 aliphatic carbocycles. The van der Waals surface area contributed by atoms with Crippen LogP contribution in [0.4, 0.5) is 5.69 Å². The van der Waals surface area contributed by atoms with E-state index in [9.17, 15) is 14.7 Å². The predicted octanol–water partition coefficient (Wildman–Crippen LogP) is 4.09. The molecule has 41 heavy (non-hydrogen) atoms. The van der Waals surface area contributed by atoms with Crippen molar-refractivity contribution in [2.75, 3.05) is 38.4 Å². The second-order valence-corrected chi connectivity index (χ2v) is 10.7. The number of likely N-dealkylation sites (tertiary alicyclic amines) is 1. The molecule has 4 heterocycles. The molecule has 218 valence electrons. The number of unbranched alkanes of at least 4 members (excludes halogenated alkanes) is 1. The lowest BCUT2D eigenvalue weighted by Gasteiger charge is -2.29. The number of nitrogens with zero attached hydrogens (tertiary/aromatic N) is 4. The van der Waals surface area contributed by atoms with Gasteiger partial charge in [-0.1, -0.05) is 13.3 Å². The standard InChI is InChI=1S/C31H38N4O6/c1-4-5-14-35(23-8-6-12-32-17-23)28(36)19-34-18-24(21-15-26(39-3)30-27(16-21)40-20-41-30)29(31(37)38)25(34)11-10-22-9-7-13-33(22)2/h6-9,12-13,15-17,24-25,29H,4-5,10-11,14,18-20H2,1-3H3,(H,37,38)/t24-,25+,29?/m1/s1. The van der Waals surface area contributed by atoms with Gasteiger partial charge in [0.15, 0.2) is 11.5 Å². The van der Waals surface area contributed by atoms with Crippen LogP contribution in [-0.2, 0) is 23.1 Å². The summed E-state index contributed by atoms with van der Waals surface area (Å²) in [7, 11) is 3.54. The second kappa shape index (κ2) is 12.6. The Bertz CT molecular complexity index is 1360. The van der Waals surface area contributed by atoms with E-state index in [1.54, 1.807) is 24.4 Å². The molecule has 10 nitrogen and oxygen atoms in total. The third-order valence-electron chi connectivity index (χ3n) is 8.22. The van der Waals surface area contributed by atoms with E-state index in [-0.39, 0.29) is 31.2 Å². The molecule has 3 atom stereocenters. The molecule has 1 N–H and O–H groups in total. The number of amides is 1. The third-order valence-corrected chi connectivity index (χ3v) is 8.22. The van der Waals surface area contributed by atoms with Gasteiger partial charge in [-0.2, -0.15) is 0 Å². The highest BCUT2D eigenvalue weighted by molar-refractivity contribution is 5.94. The van der Waals surface area contributed by atoms with Crippen molar-refractivity contribution in [2.45, 2.75) is 44.6 Å². The number of methoxy groups -OCH3 is 1. The Balaban J connectivity index is 1.47. The molecule has 10 heteroatoms. The molecular formula is C31H38N4O6. The summed E-state index contributed by atoms with van der Waals surface area (Å²) in [4.78, 5) is 34.8. The number of rotatable bonds is 12. The number of anilines is 1. The van der Waals surface area contributed by atoms with Crippen LogP contribution in [0.2, 0.25) is 0 Å². The van der Waals surface area contributed by atoms with Crippen LogP contribution in [0.1, 0.15) is 43.4 Å². The Labute approximate surface area is 240 Å². The number of aromatic nitrogens is 2. The van der Waals surface area contributed by atoms with Crippen LogP contribution in [0.3, 0.4) is 0 Å². The van der Waals surface area contributed by atoms with E-state index in [4.69, 9.17) is 14.2 Å². The third kappa shape index (κ3) is 6.02. The molecule has 1 saturated heterocycles. The molecule has 5 rings (SSSR count). The largest absolute Gasteiger partial charge is 0.493 e. The van der Waals surface area contributed by atoms with Gasteiger partial charge in [-0.15, -0.1) is 0 Å². The zero-order chi connectivity index (χ0) is 28.9. The van der Waals surface area contributed by atoms with Crippen molar-refractivity contribution >= 4 is 17.6 Å². The Morgan fingerprint density at radius 3 is 2.76 bits per heavy atom. The van der Waals surface area contributed by atoms with Crippen molar-refractivity contribution in [2.24, 2.45) is 13.0 Å². The van der Waals surface area contributed by atoms with E-state index in [0.717, 1.165) is 29.8 Å². The minimum atomic E-state index is -0.881. The predicted molar refractivity (Wildman–Crippen MR) is 154 cm³/mol. The van der Waals surface area contributed by atoms with Gasteiger partial charge in [0.2, 0.25) is 18.4 Å². The van der Waals surface area contributed by atoms with Crippen molar-refractivity contribution in [3.05, 3.63) is 66.2 Å². The monoisotopic (exact) mass is 562 g/mol. The first kappa shape index (κ1) is 28.5. The lowest BCUT2D eigenvalue weighted by Crippen LogP contribution is -2.44. The first-order chi connectivity index (χ1) is 19.9. The second-order valence-electron chi connectivity index (χ2n) is 10.7. The van der Waals surface area contributed by atoms with E-state index in [1.807, 2.05) is 43.6 Å². The number of carboxylic acids is 1. The first-order valence-electron chi connectivity index (χ1n) is 14.2. The maximum absolute atomic E-state index is 13.9. The number of hydrogen-bond acceptors (Lipinski definition) is 7. The molecule has 0 radical (unpaired) electrons. The van der Waals surface area contributed by atoms with Gasteiger partial charge in [-0.25, -0.2) is 0 Å². The van der Waals surface area contributed by atoms with Crippen molar-refractivity contribution < 1.29 is 28.9 Å². The fourth-order valence-corrected chi connectivity index (χ4v) is 6.09. The van der Waals surface area contributed by atoms with Crippen LogP contribution >= 0.6 is 0 Å².